The number of likely N-dealkylation sites (tertiary alicyclic amines) is 1. The largest absolute Gasteiger partial charge is 0.355 e. The standard InChI is InChI=1S/C16H29N5S/c1-12(2)14(21-7-5-6-8-21)10-19-16(17-4)20-11-15-18-9-13(3)22-15/h9,12,14H,5-8,10-11H2,1-4H3,(H2,17,19,20). The molecule has 1 saturated heterocycles. The van der Waals surface area contributed by atoms with Gasteiger partial charge >= 0.3 is 0 Å². The number of thiazole rings is 1. The zero-order valence-corrected chi connectivity index (χ0v) is 15.0. The zero-order valence-electron chi connectivity index (χ0n) is 14.2. The molecule has 0 amide bonds. The van der Waals surface area contributed by atoms with Gasteiger partial charge in [0, 0.05) is 30.7 Å². The highest BCUT2D eigenvalue weighted by molar-refractivity contribution is 7.11. The number of rotatable bonds is 6. The fourth-order valence-corrected chi connectivity index (χ4v) is 3.65. The van der Waals surface area contributed by atoms with E-state index in [1.165, 1.54) is 30.8 Å². The molecule has 1 fully saturated rings. The molecule has 1 aliphatic heterocycles. The molecular formula is C16H29N5S. The molecule has 0 aliphatic carbocycles. The van der Waals surface area contributed by atoms with Gasteiger partial charge in [-0.15, -0.1) is 11.3 Å². The van der Waals surface area contributed by atoms with E-state index in [2.05, 4.69) is 46.3 Å². The van der Waals surface area contributed by atoms with Crippen LogP contribution in [0.1, 0.15) is 36.6 Å². The van der Waals surface area contributed by atoms with Crippen LogP contribution in [0.15, 0.2) is 11.2 Å². The van der Waals surface area contributed by atoms with Crippen LogP contribution >= 0.6 is 11.3 Å². The first-order valence-electron chi connectivity index (χ1n) is 8.20. The number of aryl methyl sites for hydroxylation is 1. The van der Waals surface area contributed by atoms with E-state index in [-0.39, 0.29) is 0 Å². The molecule has 0 aromatic carbocycles. The van der Waals surface area contributed by atoms with E-state index in [9.17, 15) is 0 Å². The lowest BCUT2D eigenvalue weighted by Gasteiger charge is -2.31. The maximum Gasteiger partial charge on any atom is 0.191 e. The number of guanidine groups is 1. The first kappa shape index (κ1) is 17.2. The van der Waals surface area contributed by atoms with Gasteiger partial charge in [0.05, 0.1) is 6.54 Å². The second-order valence-corrected chi connectivity index (χ2v) is 7.55. The van der Waals surface area contributed by atoms with Crippen LogP contribution in [0.3, 0.4) is 0 Å². The van der Waals surface area contributed by atoms with Crippen LogP contribution in [-0.4, -0.2) is 48.6 Å². The van der Waals surface area contributed by atoms with Crippen LogP contribution in [0.4, 0.5) is 0 Å². The summed E-state index contributed by atoms with van der Waals surface area (Å²) in [6.45, 7) is 10.8. The van der Waals surface area contributed by atoms with E-state index in [0.717, 1.165) is 24.1 Å². The van der Waals surface area contributed by atoms with Gasteiger partial charge in [0.1, 0.15) is 5.01 Å². The molecule has 5 nitrogen and oxygen atoms in total. The number of aromatic nitrogens is 1. The average molecular weight is 324 g/mol. The van der Waals surface area contributed by atoms with Crippen molar-refractivity contribution in [2.75, 3.05) is 26.7 Å². The number of aliphatic imine (C=N–C) groups is 1. The molecule has 1 atom stereocenters. The van der Waals surface area contributed by atoms with Gasteiger partial charge in [-0.25, -0.2) is 4.98 Å². The highest BCUT2D eigenvalue weighted by atomic mass is 32.1. The zero-order chi connectivity index (χ0) is 15.9. The first-order valence-corrected chi connectivity index (χ1v) is 9.01. The normalized spacial score (nSPS) is 18.0. The Labute approximate surface area is 138 Å². The Balaban J connectivity index is 1.81. The van der Waals surface area contributed by atoms with Crippen LogP contribution < -0.4 is 10.6 Å². The monoisotopic (exact) mass is 323 g/mol. The van der Waals surface area contributed by atoms with Gasteiger partial charge in [0.25, 0.3) is 0 Å². The summed E-state index contributed by atoms with van der Waals surface area (Å²) in [6.07, 6.45) is 4.58. The van der Waals surface area contributed by atoms with E-state index >= 15 is 0 Å². The van der Waals surface area contributed by atoms with Crippen molar-refractivity contribution in [2.45, 2.75) is 46.2 Å². The van der Waals surface area contributed by atoms with Crippen molar-refractivity contribution in [2.24, 2.45) is 10.9 Å². The number of hydrogen-bond acceptors (Lipinski definition) is 4. The SMILES string of the molecule is CN=C(NCc1ncc(C)s1)NCC(C(C)C)N1CCCC1. The highest BCUT2D eigenvalue weighted by Gasteiger charge is 2.24. The summed E-state index contributed by atoms with van der Waals surface area (Å²) in [5.74, 6) is 1.50. The molecule has 1 aliphatic rings. The van der Waals surface area contributed by atoms with E-state index in [4.69, 9.17) is 0 Å². The van der Waals surface area contributed by atoms with E-state index in [1.807, 2.05) is 13.2 Å². The summed E-state index contributed by atoms with van der Waals surface area (Å²) >= 11 is 1.73. The van der Waals surface area contributed by atoms with Crippen molar-refractivity contribution in [3.05, 3.63) is 16.1 Å². The molecule has 0 spiro atoms. The summed E-state index contributed by atoms with van der Waals surface area (Å²) in [5, 5.41) is 7.93. The molecule has 2 N–H and O–H groups in total. The quantitative estimate of drug-likeness (QED) is 0.623. The molecule has 22 heavy (non-hydrogen) atoms. The average Bonchev–Trinajstić information content (AvgIpc) is 3.14. The second-order valence-electron chi connectivity index (χ2n) is 6.23. The van der Waals surface area contributed by atoms with Crippen molar-refractivity contribution < 1.29 is 0 Å². The van der Waals surface area contributed by atoms with E-state index in [1.54, 1.807) is 11.3 Å². The number of nitrogens with one attached hydrogen (secondary N) is 2. The van der Waals surface area contributed by atoms with E-state index in [0.29, 0.717) is 12.0 Å². The van der Waals surface area contributed by atoms with Gasteiger partial charge in [-0.05, 0) is 38.8 Å². The minimum Gasteiger partial charge on any atom is -0.355 e. The summed E-state index contributed by atoms with van der Waals surface area (Å²) in [7, 11) is 1.82. The lowest BCUT2D eigenvalue weighted by Crippen LogP contribution is -2.48. The second kappa shape index (κ2) is 8.48. The van der Waals surface area contributed by atoms with Crippen LogP contribution in [-0.2, 0) is 6.54 Å². The summed E-state index contributed by atoms with van der Waals surface area (Å²) in [5.41, 5.74) is 0. The summed E-state index contributed by atoms with van der Waals surface area (Å²) < 4.78 is 0. The van der Waals surface area contributed by atoms with Crippen molar-refractivity contribution >= 4 is 17.3 Å². The first-order chi connectivity index (χ1) is 10.6. The predicted molar refractivity (Wildman–Crippen MR) is 94.5 cm³/mol. The van der Waals surface area contributed by atoms with Gasteiger partial charge in [-0.1, -0.05) is 13.8 Å². The Morgan fingerprint density at radius 3 is 2.64 bits per heavy atom. The van der Waals surface area contributed by atoms with Crippen molar-refractivity contribution in [1.29, 1.82) is 0 Å². The van der Waals surface area contributed by atoms with Gasteiger partial charge in [-0.3, -0.25) is 9.89 Å². The topological polar surface area (TPSA) is 52.6 Å². The minimum atomic E-state index is 0.572. The smallest absolute Gasteiger partial charge is 0.191 e. The molecule has 0 saturated carbocycles. The van der Waals surface area contributed by atoms with Crippen molar-refractivity contribution in [3.8, 4) is 0 Å². The number of nitrogens with zero attached hydrogens (tertiary/aromatic N) is 3. The Hall–Kier alpha value is -1.14. The van der Waals surface area contributed by atoms with Gasteiger partial charge in [-0.2, -0.15) is 0 Å². The van der Waals surface area contributed by atoms with Gasteiger partial charge in [0.15, 0.2) is 5.96 Å². The maximum absolute atomic E-state index is 4.37. The van der Waals surface area contributed by atoms with Crippen LogP contribution in [0.25, 0.3) is 0 Å². The van der Waals surface area contributed by atoms with Gasteiger partial charge < -0.3 is 10.6 Å². The lowest BCUT2D eigenvalue weighted by atomic mass is 10.0. The fraction of sp³-hybridized carbons (Fsp3) is 0.750. The molecule has 0 radical (unpaired) electrons. The third-order valence-electron chi connectivity index (χ3n) is 4.16. The molecule has 6 heteroatoms. The third kappa shape index (κ3) is 4.95. The Morgan fingerprint density at radius 2 is 2.09 bits per heavy atom. The molecule has 1 aromatic rings. The lowest BCUT2D eigenvalue weighted by molar-refractivity contribution is 0.192. The molecule has 1 aromatic heterocycles. The summed E-state index contributed by atoms with van der Waals surface area (Å²) in [6, 6.07) is 0.572. The highest BCUT2D eigenvalue weighted by Crippen LogP contribution is 2.17. The van der Waals surface area contributed by atoms with Crippen molar-refractivity contribution in [3.63, 3.8) is 0 Å². The van der Waals surface area contributed by atoms with Crippen molar-refractivity contribution in [1.82, 2.24) is 20.5 Å². The maximum atomic E-state index is 4.37. The summed E-state index contributed by atoms with van der Waals surface area (Å²) in [4.78, 5) is 12.5. The molecule has 1 unspecified atom stereocenters. The van der Waals surface area contributed by atoms with Crippen LogP contribution in [0.5, 0.6) is 0 Å². The molecule has 2 heterocycles. The predicted octanol–water partition coefficient (Wildman–Crippen LogP) is 2.24. The number of hydrogen-bond donors (Lipinski definition) is 2. The van der Waals surface area contributed by atoms with Gasteiger partial charge in [0.2, 0.25) is 0 Å². The van der Waals surface area contributed by atoms with E-state index < -0.39 is 0 Å². The Bertz CT molecular complexity index is 477. The molecule has 0 bridgehead atoms. The minimum absolute atomic E-state index is 0.572. The Morgan fingerprint density at radius 1 is 1.36 bits per heavy atom. The molecule has 124 valence electrons. The van der Waals surface area contributed by atoms with Crippen LogP contribution in [0.2, 0.25) is 0 Å². The Kier molecular flexibility index (Phi) is 6.64. The molecular weight excluding hydrogens is 294 g/mol. The third-order valence-corrected chi connectivity index (χ3v) is 5.07. The van der Waals surface area contributed by atoms with Crippen LogP contribution in [0, 0.1) is 12.8 Å². The fourth-order valence-electron chi connectivity index (χ4n) is 2.92. The molecule has 2 rings (SSSR count).